The highest BCUT2D eigenvalue weighted by Crippen LogP contribution is 2.45. The third-order valence-electron chi connectivity index (χ3n) is 7.21. The summed E-state index contributed by atoms with van der Waals surface area (Å²) in [5.41, 5.74) is 4.74. The molecule has 2 aromatic carbocycles. The van der Waals surface area contributed by atoms with Gasteiger partial charge in [-0.2, -0.15) is 0 Å². The van der Waals surface area contributed by atoms with Crippen molar-refractivity contribution in [1.82, 2.24) is 9.97 Å². The molecule has 1 aliphatic carbocycles. The van der Waals surface area contributed by atoms with Crippen molar-refractivity contribution < 1.29 is 9.21 Å². The number of hydrogen-bond acceptors (Lipinski definition) is 6. The number of aromatic amines is 1. The number of H-pyrrole nitrogens is 1. The topological polar surface area (TPSA) is 83.3 Å². The predicted octanol–water partition coefficient (Wildman–Crippen LogP) is 8.52. The fourth-order valence-electron chi connectivity index (χ4n) is 5.00. The lowest BCUT2D eigenvalue weighted by molar-refractivity contribution is 0.102. The van der Waals surface area contributed by atoms with Gasteiger partial charge in [-0.1, -0.05) is 51.1 Å². The van der Waals surface area contributed by atoms with E-state index in [1.54, 1.807) is 17.6 Å². The molecule has 3 heterocycles. The molecule has 0 saturated carbocycles. The van der Waals surface area contributed by atoms with E-state index in [2.05, 4.69) is 36.1 Å². The summed E-state index contributed by atoms with van der Waals surface area (Å²) in [4.78, 5) is 27.5. The number of aliphatic imine (C=N–C) groups is 1. The number of hydrogen-bond donors (Lipinski definition) is 2. The van der Waals surface area contributed by atoms with E-state index in [9.17, 15) is 4.79 Å². The largest absolute Gasteiger partial charge is 0.448 e. The minimum absolute atomic E-state index is 0.111. The standard InChI is InChI=1S/C31H30N4O2S2/c1-31(2,3)19-13-15-22-25(17-19)38-29(27(22)28(36)33-20-9-5-4-6-10-20)32-18-21-14-16-26(37-21)39-30-34-23-11-7-8-12-24(23)35-30/h4-12,14,16,18-19H,13,15,17H2,1-3H3,(H,33,36)(H,34,35)/t19-/m1/s1. The normalized spacial score (nSPS) is 15.6. The first-order chi connectivity index (χ1) is 18.8. The molecule has 0 bridgehead atoms. The third kappa shape index (κ3) is 5.58. The summed E-state index contributed by atoms with van der Waals surface area (Å²) in [6.07, 6.45) is 4.65. The summed E-state index contributed by atoms with van der Waals surface area (Å²) < 4.78 is 6.02. The molecule has 39 heavy (non-hydrogen) atoms. The number of rotatable bonds is 6. The first-order valence-electron chi connectivity index (χ1n) is 13.1. The van der Waals surface area contributed by atoms with Crippen LogP contribution in [0.1, 0.15) is 53.8 Å². The van der Waals surface area contributed by atoms with Crippen LogP contribution in [0.15, 0.2) is 86.4 Å². The summed E-state index contributed by atoms with van der Waals surface area (Å²) in [7, 11) is 0. The van der Waals surface area contributed by atoms with Crippen LogP contribution in [0, 0.1) is 11.3 Å². The number of fused-ring (bicyclic) bond motifs is 2. The Morgan fingerprint density at radius 1 is 1.13 bits per heavy atom. The summed E-state index contributed by atoms with van der Waals surface area (Å²) in [6, 6.07) is 21.3. The van der Waals surface area contributed by atoms with Crippen molar-refractivity contribution in [3.8, 4) is 0 Å². The zero-order chi connectivity index (χ0) is 27.0. The molecule has 0 unspecified atom stereocenters. The molecule has 0 saturated heterocycles. The van der Waals surface area contributed by atoms with Crippen molar-refractivity contribution in [2.45, 2.75) is 50.3 Å². The van der Waals surface area contributed by atoms with Crippen molar-refractivity contribution in [3.63, 3.8) is 0 Å². The Bertz CT molecular complexity index is 1620. The maximum atomic E-state index is 13.5. The van der Waals surface area contributed by atoms with Gasteiger partial charge in [-0.3, -0.25) is 4.79 Å². The number of benzene rings is 2. The second kappa shape index (κ2) is 10.5. The van der Waals surface area contributed by atoms with E-state index in [0.717, 1.165) is 56.8 Å². The second-order valence-corrected chi connectivity index (χ2v) is 13.0. The van der Waals surface area contributed by atoms with Crippen molar-refractivity contribution in [1.29, 1.82) is 0 Å². The molecule has 5 aromatic rings. The van der Waals surface area contributed by atoms with Crippen LogP contribution >= 0.6 is 23.1 Å². The SMILES string of the molecule is CC(C)(C)[C@@H]1CCc2c(sc(N=Cc3ccc(Sc4nc5ccccc5[nH]4)o3)c2C(=O)Nc2ccccc2)C1. The van der Waals surface area contributed by atoms with Crippen LogP contribution in [0.5, 0.6) is 0 Å². The fourth-order valence-corrected chi connectivity index (χ4v) is 7.04. The Labute approximate surface area is 236 Å². The molecule has 1 amide bonds. The lowest BCUT2D eigenvalue weighted by Crippen LogP contribution is -2.27. The van der Waals surface area contributed by atoms with E-state index >= 15 is 0 Å². The molecule has 0 spiro atoms. The number of imidazole rings is 1. The molecule has 0 aliphatic heterocycles. The van der Waals surface area contributed by atoms with Gasteiger partial charge in [-0.25, -0.2) is 9.98 Å². The van der Waals surface area contributed by atoms with Crippen LogP contribution in [0.4, 0.5) is 10.7 Å². The number of amides is 1. The molecule has 2 N–H and O–H groups in total. The average Bonchev–Trinajstić information content (AvgIpc) is 3.63. The Morgan fingerprint density at radius 3 is 2.72 bits per heavy atom. The molecule has 8 heteroatoms. The van der Waals surface area contributed by atoms with Gasteiger partial charge in [0.25, 0.3) is 5.91 Å². The van der Waals surface area contributed by atoms with Crippen molar-refractivity contribution in [2.75, 3.05) is 5.32 Å². The van der Waals surface area contributed by atoms with Crippen LogP contribution in [-0.2, 0) is 12.8 Å². The van der Waals surface area contributed by atoms with E-state index in [4.69, 9.17) is 9.41 Å². The minimum atomic E-state index is -0.111. The van der Waals surface area contributed by atoms with Crippen molar-refractivity contribution >= 4 is 56.9 Å². The van der Waals surface area contributed by atoms with Crippen LogP contribution < -0.4 is 5.32 Å². The molecule has 3 aromatic heterocycles. The number of para-hydroxylation sites is 3. The lowest BCUT2D eigenvalue weighted by atomic mass is 9.72. The van der Waals surface area contributed by atoms with Gasteiger partial charge in [-0.15, -0.1) is 11.3 Å². The minimum Gasteiger partial charge on any atom is -0.448 e. The van der Waals surface area contributed by atoms with E-state index in [-0.39, 0.29) is 11.3 Å². The molecule has 198 valence electrons. The highest BCUT2D eigenvalue weighted by atomic mass is 32.2. The number of anilines is 1. The molecule has 0 fully saturated rings. The number of carbonyl (C=O) groups is 1. The number of furan rings is 1. The summed E-state index contributed by atoms with van der Waals surface area (Å²) >= 11 is 3.06. The van der Waals surface area contributed by atoms with E-state index < -0.39 is 0 Å². The van der Waals surface area contributed by atoms with E-state index in [1.807, 2.05) is 66.7 Å². The maximum absolute atomic E-state index is 13.5. The first kappa shape index (κ1) is 25.6. The smallest absolute Gasteiger partial charge is 0.259 e. The zero-order valence-electron chi connectivity index (χ0n) is 22.2. The average molecular weight is 555 g/mol. The van der Waals surface area contributed by atoms with Gasteiger partial charge >= 0.3 is 0 Å². The molecule has 6 rings (SSSR count). The molecule has 0 radical (unpaired) electrons. The van der Waals surface area contributed by atoms with E-state index in [1.165, 1.54) is 16.6 Å². The zero-order valence-corrected chi connectivity index (χ0v) is 23.8. The van der Waals surface area contributed by atoms with Crippen LogP contribution in [0.2, 0.25) is 0 Å². The number of thiophene rings is 1. The van der Waals surface area contributed by atoms with Crippen molar-refractivity contribution in [2.24, 2.45) is 16.3 Å². The van der Waals surface area contributed by atoms with Gasteiger partial charge in [0.2, 0.25) is 0 Å². The number of nitrogens with one attached hydrogen (secondary N) is 2. The predicted molar refractivity (Wildman–Crippen MR) is 160 cm³/mol. The van der Waals surface area contributed by atoms with Crippen LogP contribution in [-0.4, -0.2) is 22.1 Å². The molecular weight excluding hydrogens is 525 g/mol. The number of carbonyl (C=O) groups excluding carboxylic acids is 1. The number of aromatic nitrogens is 2. The first-order valence-corrected chi connectivity index (χ1v) is 14.7. The Hall–Kier alpha value is -3.62. The van der Waals surface area contributed by atoms with E-state index in [0.29, 0.717) is 17.2 Å². The third-order valence-corrected chi connectivity index (χ3v) is 9.18. The van der Waals surface area contributed by atoms with Gasteiger partial charge in [-0.05, 0) is 84.3 Å². The summed E-state index contributed by atoms with van der Waals surface area (Å²) in [6.45, 7) is 6.91. The van der Waals surface area contributed by atoms with Crippen LogP contribution in [0.3, 0.4) is 0 Å². The molecular formula is C31H30N4O2S2. The summed E-state index contributed by atoms with van der Waals surface area (Å²) in [5.74, 6) is 1.09. The van der Waals surface area contributed by atoms with Crippen LogP contribution in [0.25, 0.3) is 11.0 Å². The molecule has 1 aliphatic rings. The highest BCUT2D eigenvalue weighted by molar-refractivity contribution is 7.99. The van der Waals surface area contributed by atoms with Gasteiger partial charge in [0.05, 0.1) is 22.8 Å². The molecule has 6 nitrogen and oxygen atoms in total. The van der Waals surface area contributed by atoms with Gasteiger partial charge < -0.3 is 14.7 Å². The van der Waals surface area contributed by atoms with Crippen molar-refractivity contribution in [3.05, 3.63) is 88.5 Å². The fraction of sp³-hybridized carbons (Fsp3) is 0.258. The summed E-state index contributed by atoms with van der Waals surface area (Å²) in [5, 5.41) is 5.29. The molecule has 1 atom stereocenters. The lowest BCUT2D eigenvalue weighted by Gasteiger charge is -2.33. The van der Waals surface area contributed by atoms with Gasteiger partial charge in [0.15, 0.2) is 10.2 Å². The second-order valence-electron chi connectivity index (χ2n) is 10.9. The Kier molecular flexibility index (Phi) is 6.91. The number of nitrogens with zero attached hydrogens (tertiary/aromatic N) is 2. The van der Waals surface area contributed by atoms with Gasteiger partial charge in [0, 0.05) is 10.6 Å². The maximum Gasteiger partial charge on any atom is 0.259 e. The highest BCUT2D eigenvalue weighted by Gasteiger charge is 2.33. The monoisotopic (exact) mass is 554 g/mol. The van der Waals surface area contributed by atoms with Gasteiger partial charge in [0.1, 0.15) is 10.8 Å². The Morgan fingerprint density at radius 2 is 1.92 bits per heavy atom. The Balaban J connectivity index is 1.26. The quantitative estimate of drug-likeness (QED) is 0.206.